The SMILES string of the molecule is Cc1cnc(N2CCN(S(=O)(=O)N(C)C3CCCCC3)CC2)s1. The first kappa shape index (κ1) is 17.1. The van der Waals surface area contributed by atoms with Crippen LogP contribution in [0.4, 0.5) is 5.13 Å². The Kier molecular flexibility index (Phi) is 5.25. The standard InChI is InChI=1S/C15H26N4O2S2/c1-13-12-16-15(22-13)18-8-10-19(11-9-18)23(20,21)17(2)14-6-4-3-5-7-14/h12,14H,3-11H2,1-2H3. The van der Waals surface area contributed by atoms with Gasteiger partial charge >= 0.3 is 0 Å². The van der Waals surface area contributed by atoms with E-state index in [0.717, 1.165) is 30.8 Å². The summed E-state index contributed by atoms with van der Waals surface area (Å²) >= 11 is 1.67. The van der Waals surface area contributed by atoms with Crippen LogP contribution in [0.2, 0.25) is 0 Å². The monoisotopic (exact) mass is 358 g/mol. The van der Waals surface area contributed by atoms with Gasteiger partial charge in [-0.1, -0.05) is 19.3 Å². The molecule has 0 unspecified atom stereocenters. The molecule has 0 bridgehead atoms. The first-order chi connectivity index (χ1) is 11.0. The molecule has 0 N–H and O–H groups in total. The largest absolute Gasteiger partial charge is 0.345 e. The molecule has 0 spiro atoms. The van der Waals surface area contributed by atoms with Crippen molar-refractivity contribution in [3.8, 4) is 0 Å². The highest BCUT2D eigenvalue weighted by Gasteiger charge is 2.34. The predicted octanol–water partition coefficient (Wildman–Crippen LogP) is 2.08. The van der Waals surface area contributed by atoms with Gasteiger partial charge in [-0.05, 0) is 19.8 Å². The predicted molar refractivity (Wildman–Crippen MR) is 94.2 cm³/mol. The van der Waals surface area contributed by atoms with Gasteiger partial charge in [-0.2, -0.15) is 17.0 Å². The van der Waals surface area contributed by atoms with Crippen LogP contribution in [0.5, 0.6) is 0 Å². The van der Waals surface area contributed by atoms with Gasteiger partial charge in [0.2, 0.25) is 0 Å². The van der Waals surface area contributed by atoms with Gasteiger partial charge in [-0.25, -0.2) is 4.98 Å². The second kappa shape index (κ2) is 7.04. The molecule has 0 atom stereocenters. The van der Waals surface area contributed by atoms with E-state index in [0.29, 0.717) is 26.2 Å². The molecular formula is C15H26N4O2S2. The molecule has 1 aromatic rings. The first-order valence-electron chi connectivity index (χ1n) is 8.39. The number of piperazine rings is 1. The molecule has 2 fully saturated rings. The average molecular weight is 359 g/mol. The Hall–Kier alpha value is -0.700. The van der Waals surface area contributed by atoms with Crippen molar-refractivity contribution in [1.29, 1.82) is 0 Å². The van der Waals surface area contributed by atoms with Crippen LogP contribution in [-0.2, 0) is 10.2 Å². The number of anilines is 1. The quantitative estimate of drug-likeness (QED) is 0.827. The molecular weight excluding hydrogens is 332 g/mol. The molecule has 2 aliphatic rings. The topological polar surface area (TPSA) is 56.8 Å². The van der Waals surface area contributed by atoms with Crippen molar-refractivity contribution < 1.29 is 8.42 Å². The van der Waals surface area contributed by atoms with Crippen LogP contribution in [0.1, 0.15) is 37.0 Å². The second-order valence-corrected chi connectivity index (χ2v) is 9.66. The zero-order valence-electron chi connectivity index (χ0n) is 13.9. The number of rotatable bonds is 4. The number of aromatic nitrogens is 1. The van der Waals surface area contributed by atoms with Crippen molar-refractivity contribution in [2.24, 2.45) is 0 Å². The highest BCUT2D eigenvalue weighted by Crippen LogP contribution is 2.27. The van der Waals surface area contributed by atoms with E-state index in [1.165, 1.54) is 11.3 Å². The summed E-state index contributed by atoms with van der Waals surface area (Å²) in [5, 5.41) is 1.00. The third kappa shape index (κ3) is 3.70. The van der Waals surface area contributed by atoms with Crippen LogP contribution in [-0.4, -0.2) is 61.3 Å². The van der Waals surface area contributed by atoms with Gasteiger partial charge in [0.15, 0.2) is 5.13 Å². The summed E-state index contributed by atoms with van der Waals surface area (Å²) in [7, 11) is -1.59. The zero-order valence-corrected chi connectivity index (χ0v) is 15.6. The fraction of sp³-hybridized carbons (Fsp3) is 0.800. The minimum Gasteiger partial charge on any atom is -0.345 e. The van der Waals surface area contributed by atoms with Gasteiger partial charge in [0.25, 0.3) is 10.2 Å². The maximum absolute atomic E-state index is 12.9. The minimum absolute atomic E-state index is 0.174. The Balaban J connectivity index is 1.61. The van der Waals surface area contributed by atoms with Crippen molar-refractivity contribution in [1.82, 2.24) is 13.6 Å². The number of nitrogens with zero attached hydrogens (tertiary/aromatic N) is 4. The summed E-state index contributed by atoms with van der Waals surface area (Å²) in [6.07, 6.45) is 7.38. The molecule has 0 amide bonds. The highest BCUT2D eigenvalue weighted by molar-refractivity contribution is 7.86. The van der Waals surface area contributed by atoms with Crippen molar-refractivity contribution in [3.63, 3.8) is 0 Å². The average Bonchev–Trinajstić information content (AvgIpc) is 3.01. The lowest BCUT2D eigenvalue weighted by molar-refractivity contribution is 0.259. The summed E-state index contributed by atoms with van der Waals surface area (Å²) in [5.41, 5.74) is 0. The van der Waals surface area contributed by atoms with Crippen molar-refractivity contribution in [3.05, 3.63) is 11.1 Å². The number of hydrogen-bond acceptors (Lipinski definition) is 5. The summed E-state index contributed by atoms with van der Waals surface area (Å²) in [6.45, 7) is 4.55. The lowest BCUT2D eigenvalue weighted by Crippen LogP contribution is -2.54. The third-order valence-corrected chi connectivity index (χ3v) is 7.91. The molecule has 23 heavy (non-hydrogen) atoms. The Bertz CT molecular complexity index is 617. The fourth-order valence-corrected chi connectivity index (χ4v) is 5.80. The lowest BCUT2D eigenvalue weighted by Gasteiger charge is -2.38. The van der Waals surface area contributed by atoms with Crippen LogP contribution in [0.15, 0.2) is 6.20 Å². The van der Waals surface area contributed by atoms with E-state index >= 15 is 0 Å². The summed E-state index contributed by atoms with van der Waals surface area (Å²) in [5.74, 6) is 0. The van der Waals surface area contributed by atoms with Crippen LogP contribution in [0.25, 0.3) is 0 Å². The Morgan fingerprint density at radius 3 is 2.39 bits per heavy atom. The number of thiazole rings is 1. The molecule has 130 valence electrons. The fourth-order valence-electron chi connectivity index (χ4n) is 3.41. The van der Waals surface area contributed by atoms with Gasteiger partial charge < -0.3 is 4.90 Å². The highest BCUT2D eigenvalue weighted by atomic mass is 32.2. The van der Waals surface area contributed by atoms with Gasteiger partial charge in [0.05, 0.1) is 0 Å². The Morgan fingerprint density at radius 2 is 1.83 bits per heavy atom. The summed E-state index contributed by atoms with van der Waals surface area (Å²) in [4.78, 5) is 7.77. The van der Waals surface area contributed by atoms with E-state index in [-0.39, 0.29) is 6.04 Å². The van der Waals surface area contributed by atoms with Crippen LogP contribution >= 0.6 is 11.3 Å². The molecule has 0 radical (unpaired) electrons. The molecule has 1 saturated carbocycles. The van der Waals surface area contributed by atoms with E-state index in [9.17, 15) is 8.42 Å². The van der Waals surface area contributed by atoms with E-state index in [1.807, 2.05) is 13.1 Å². The van der Waals surface area contributed by atoms with E-state index in [4.69, 9.17) is 0 Å². The second-order valence-electron chi connectivity index (χ2n) is 6.46. The van der Waals surface area contributed by atoms with Crippen molar-refractivity contribution in [2.45, 2.75) is 45.1 Å². The Labute approximate surface area is 143 Å². The molecule has 1 aliphatic carbocycles. The zero-order chi connectivity index (χ0) is 16.4. The maximum Gasteiger partial charge on any atom is 0.282 e. The smallest absolute Gasteiger partial charge is 0.282 e. The molecule has 0 aromatic carbocycles. The maximum atomic E-state index is 12.9. The number of aryl methyl sites for hydroxylation is 1. The molecule has 1 aromatic heterocycles. The van der Waals surface area contributed by atoms with E-state index < -0.39 is 10.2 Å². The molecule has 2 heterocycles. The van der Waals surface area contributed by atoms with Crippen molar-refractivity contribution >= 4 is 26.7 Å². The van der Waals surface area contributed by atoms with Gasteiger partial charge in [-0.15, -0.1) is 11.3 Å². The Morgan fingerprint density at radius 1 is 1.17 bits per heavy atom. The van der Waals surface area contributed by atoms with Gasteiger partial charge in [0.1, 0.15) is 0 Å². The van der Waals surface area contributed by atoms with E-state index in [2.05, 4.69) is 9.88 Å². The normalized spacial score (nSPS) is 22.0. The summed E-state index contributed by atoms with van der Waals surface area (Å²) < 4.78 is 29.0. The number of hydrogen-bond donors (Lipinski definition) is 0. The van der Waals surface area contributed by atoms with E-state index in [1.54, 1.807) is 27.0 Å². The molecule has 1 aliphatic heterocycles. The third-order valence-electron chi connectivity index (χ3n) is 4.90. The van der Waals surface area contributed by atoms with Crippen molar-refractivity contribution in [2.75, 3.05) is 38.1 Å². The lowest BCUT2D eigenvalue weighted by atomic mass is 9.96. The van der Waals surface area contributed by atoms with Gasteiger partial charge in [0, 0.05) is 50.3 Å². The summed E-state index contributed by atoms with van der Waals surface area (Å²) in [6, 6.07) is 0.174. The van der Waals surface area contributed by atoms with Crippen LogP contribution in [0, 0.1) is 6.92 Å². The van der Waals surface area contributed by atoms with Crippen LogP contribution < -0.4 is 4.90 Å². The molecule has 8 heteroatoms. The van der Waals surface area contributed by atoms with Gasteiger partial charge in [-0.3, -0.25) is 0 Å². The molecule has 3 rings (SSSR count). The molecule has 1 saturated heterocycles. The molecule has 6 nitrogen and oxygen atoms in total. The minimum atomic E-state index is -3.34. The van der Waals surface area contributed by atoms with Crippen LogP contribution in [0.3, 0.4) is 0 Å². The first-order valence-corrected chi connectivity index (χ1v) is 10.6.